The van der Waals surface area contributed by atoms with Crippen molar-refractivity contribution in [2.45, 2.75) is 117 Å². The van der Waals surface area contributed by atoms with Crippen LogP contribution in [-0.4, -0.2) is 44.5 Å². The van der Waals surface area contributed by atoms with Crippen LogP contribution in [0.3, 0.4) is 0 Å². The first-order valence-electron chi connectivity index (χ1n) is 12.5. The van der Waals surface area contributed by atoms with E-state index in [4.69, 9.17) is 0 Å². The molecule has 0 aromatic heterocycles. The molecule has 5 atom stereocenters. The summed E-state index contributed by atoms with van der Waals surface area (Å²) in [6.45, 7) is 22.3. The number of aliphatic hydroxyl groups is 1. The number of hydrogen-bond donors (Lipinski definition) is 3. The van der Waals surface area contributed by atoms with Crippen molar-refractivity contribution in [1.82, 2.24) is 10.6 Å². The van der Waals surface area contributed by atoms with Crippen LogP contribution in [0, 0.1) is 23.7 Å². The lowest BCUT2D eigenvalue weighted by molar-refractivity contribution is 0.117. The van der Waals surface area contributed by atoms with E-state index in [9.17, 15) is 9.32 Å². The summed E-state index contributed by atoms with van der Waals surface area (Å²) in [5.41, 5.74) is 1.03. The maximum absolute atomic E-state index is 12.8. The highest BCUT2D eigenvalue weighted by Gasteiger charge is 2.29. The number of allylic oxidation sites excluding steroid dienone is 1. The lowest BCUT2D eigenvalue weighted by atomic mass is 9.95. The first-order chi connectivity index (χ1) is 14.3. The Hall–Kier alpha value is -0.390. The molecule has 0 bridgehead atoms. The summed E-state index contributed by atoms with van der Waals surface area (Å²) in [5, 5.41) is 17.8. The molecule has 4 unspecified atom stereocenters. The molecular formula is C26H52N2O2S. The predicted octanol–water partition coefficient (Wildman–Crippen LogP) is 5.24. The SMILES string of the molecule is C=C(NC(CNC(C)C(O)CCC(C)C)CC1CC1)[C@H](CC(C)C)CS(=O)C(C)(C)C. The molecule has 0 aliphatic heterocycles. The van der Waals surface area contributed by atoms with Gasteiger partial charge in [0.05, 0.1) is 6.10 Å². The van der Waals surface area contributed by atoms with Crippen LogP contribution >= 0.6 is 0 Å². The minimum Gasteiger partial charge on any atom is -0.392 e. The Morgan fingerprint density at radius 2 is 1.71 bits per heavy atom. The molecule has 1 aliphatic carbocycles. The van der Waals surface area contributed by atoms with Crippen molar-refractivity contribution in [3.63, 3.8) is 0 Å². The summed E-state index contributed by atoms with van der Waals surface area (Å²) in [6, 6.07) is 0.382. The van der Waals surface area contributed by atoms with Crippen LogP contribution in [0.5, 0.6) is 0 Å². The number of rotatable bonds is 16. The molecule has 0 radical (unpaired) electrons. The molecule has 4 nitrogen and oxygen atoms in total. The summed E-state index contributed by atoms with van der Waals surface area (Å²) >= 11 is 0. The molecule has 1 fully saturated rings. The van der Waals surface area contributed by atoms with E-state index in [0.717, 1.165) is 43.8 Å². The highest BCUT2D eigenvalue weighted by Crippen LogP contribution is 2.34. The van der Waals surface area contributed by atoms with Crippen molar-refractivity contribution in [2.75, 3.05) is 12.3 Å². The van der Waals surface area contributed by atoms with Gasteiger partial charge in [-0.15, -0.1) is 0 Å². The zero-order valence-corrected chi connectivity index (χ0v) is 22.5. The van der Waals surface area contributed by atoms with Gasteiger partial charge in [-0.3, -0.25) is 4.21 Å². The van der Waals surface area contributed by atoms with Gasteiger partial charge in [-0.25, -0.2) is 0 Å². The second-order valence-electron chi connectivity index (χ2n) is 11.7. The number of hydrogen-bond acceptors (Lipinski definition) is 4. The van der Waals surface area contributed by atoms with Crippen LogP contribution in [0.15, 0.2) is 12.3 Å². The molecule has 0 amide bonds. The molecule has 0 aromatic carbocycles. The quantitative estimate of drug-likeness (QED) is 0.297. The maximum atomic E-state index is 12.8. The fraction of sp³-hybridized carbons (Fsp3) is 0.923. The summed E-state index contributed by atoms with van der Waals surface area (Å²) < 4.78 is 12.6. The lowest BCUT2D eigenvalue weighted by Crippen LogP contribution is -2.46. The molecule has 0 aromatic rings. The standard InChI is InChI=1S/C26H52N2O2S/c1-18(2)10-13-25(29)21(6)27-16-24(15-22-11-12-22)28-20(5)23(14-19(3)4)17-31(30)26(7,8)9/h18-19,21-25,27-29H,5,10-17H2,1-4,6-9H3/t21?,23-,24?,25?,31?/m1/s1. The average molecular weight is 457 g/mol. The maximum Gasteiger partial charge on any atom is 0.0690 e. The molecule has 1 aliphatic rings. The van der Waals surface area contributed by atoms with Gasteiger partial charge in [0.15, 0.2) is 0 Å². The van der Waals surface area contributed by atoms with Gasteiger partial charge in [-0.05, 0) is 71.1 Å². The summed E-state index contributed by atoms with van der Waals surface area (Å²) in [6.07, 6.45) is 6.36. The molecule has 0 saturated heterocycles. The van der Waals surface area contributed by atoms with Gasteiger partial charge in [-0.1, -0.05) is 47.1 Å². The number of aliphatic hydroxyl groups excluding tert-OH is 1. The third-order valence-electron chi connectivity index (χ3n) is 6.29. The van der Waals surface area contributed by atoms with Gasteiger partial charge < -0.3 is 15.7 Å². The summed E-state index contributed by atoms with van der Waals surface area (Å²) in [5.74, 6) is 2.85. The van der Waals surface area contributed by atoms with Crippen molar-refractivity contribution in [3.05, 3.63) is 12.3 Å². The highest BCUT2D eigenvalue weighted by molar-refractivity contribution is 7.86. The second kappa shape index (κ2) is 13.3. The third kappa shape index (κ3) is 12.4. The third-order valence-corrected chi connectivity index (χ3v) is 8.36. The van der Waals surface area contributed by atoms with E-state index >= 15 is 0 Å². The van der Waals surface area contributed by atoms with Crippen LogP contribution in [0.25, 0.3) is 0 Å². The molecule has 3 N–H and O–H groups in total. The molecular weight excluding hydrogens is 404 g/mol. The topological polar surface area (TPSA) is 61.4 Å². The van der Waals surface area contributed by atoms with Gasteiger partial charge in [0, 0.05) is 51.5 Å². The molecule has 5 heteroatoms. The fourth-order valence-electron chi connectivity index (χ4n) is 3.86. The zero-order chi connectivity index (χ0) is 23.8. The first kappa shape index (κ1) is 28.6. The average Bonchev–Trinajstić information content (AvgIpc) is 3.45. The van der Waals surface area contributed by atoms with Gasteiger partial charge in [0.1, 0.15) is 0 Å². The highest BCUT2D eigenvalue weighted by atomic mass is 32.2. The van der Waals surface area contributed by atoms with E-state index in [1.165, 1.54) is 12.8 Å². The Bertz CT molecular complexity index is 552. The second-order valence-corrected chi connectivity index (χ2v) is 14.0. The van der Waals surface area contributed by atoms with Crippen LogP contribution in [0.1, 0.15) is 93.9 Å². The Labute approximate surface area is 195 Å². The normalized spacial score (nSPS) is 19.8. The smallest absolute Gasteiger partial charge is 0.0690 e. The largest absolute Gasteiger partial charge is 0.392 e. The number of nitrogens with one attached hydrogen (secondary N) is 2. The molecule has 0 spiro atoms. The Kier molecular flexibility index (Phi) is 12.3. The van der Waals surface area contributed by atoms with Crippen molar-refractivity contribution >= 4 is 10.8 Å². The Balaban J connectivity index is 2.69. The molecule has 1 rings (SSSR count). The molecule has 1 saturated carbocycles. The van der Waals surface area contributed by atoms with E-state index in [1.54, 1.807) is 0 Å². The minimum absolute atomic E-state index is 0.0790. The van der Waals surface area contributed by atoms with Crippen molar-refractivity contribution < 1.29 is 9.32 Å². The lowest BCUT2D eigenvalue weighted by Gasteiger charge is -2.30. The van der Waals surface area contributed by atoms with Crippen LogP contribution in [0.4, 0.5) is 0 Å². The Morgan fingerprint density at radius 3 is 2.19 bits per heavy atom. The minimum atomic E-state index is -0.891. The van der Waals surface area contributed by atoms with Crippen molar-refractivity contribution in [2.24, 2.45) is 23.7 Å². The zero-order valence-electron chi connectivity index (χ0n) is 21.7. The van der Waals surface area contributed by atoms with Crippen LogP contribution in [0.2, 0.25) is 0 Å². The van der Waals surface area contributed by atoms with Crippen LogP contribution in [-0.2, 0) is 10.8 Å². The van der Waals surface area contributed by atoms with E-state index in [2.05, 4.69) is 72.6 Å². The Morgan fingerprint density at radius 1 is 1.10 bits per heavy atom. The summed E-state index contributed by atoms with van der Waals surface area (Å²) in [7, 11) is -0.891. The van der Waals surface area contributed by atoms with Gasteiger partial charge in [0.2, 0.25) is 0 Å². The monoisotopic (exact) mass is 456 g/mol. The first-order valence-corrected chi connectivity index (χ1v) is 13.9. The molecule has 31 heavy (non-hydrogen) atoms. The molecule has 184 valence electrons. The summed E-state index contributed by atoms with van der Waals surface area (Å²) in [4.78, 5) is 0. The van der Waals surface area contributed by atoms with Crippen molar-refractivity contribution in [1.29, 1.82) is 0 Å². The van der Waals surface area contributed by atoms with E-state index in [0.29, 0.717) is 23.6 Å². The van der Waals surface area contributed by atoms with E-state index in [1.807, 2.05) is 0 Å². The van der Waals surface area contributed by atoms with Gasteiger partial charge >= 0.3 is 0 Å². The predicted molar refractivity (Wildman–Crippen MR) is 137 cm³/mol. The van der Waals surface area contributed by atoms with Gasteiger partial charge in [-0.2, -0.15) is 0 Å². The van der Waals surface area contributed by atoms with Crippen LogP contribution < -0.4 is 10.6 Å². The van der Waals surface area contributed by atoms with E-state index < -0.39 is 10.8 Å². The van der Waals surface area contributed by atoms with Gasteiger partial charge in [0.25, 0.3) is 0 Å². The van der Waals surface area contributed by atoms with Crippen molar-refractivity contribution in [3.8, 4) is 0 Å². The van der Waals surface area contributed by atoms with E-state index in [-0.39, 0.29) is 22.8 Å². The fourth-order valence-corrected chi connectivity index (χ4v) is 5.06. The molecule has 0 heterocycles.